The number of thioether (sulfide) groups is 1. The highest BCUT2D eigenvalue weighted by atomic mass is 32.2. The van der Waals surface area contributed by atoms with Crippen LogP contribution in [-0.4, -0.2) is 21.2 Å². The van der Waals surface area contributed by atoms with Crippen molar-refractivity contribution in [2.45, 2.75) is 24.9 Å². The van der Waals surface area contributed by atoms with Crippen molar-refractivity contribution in [1.82, 2.24) is 9.55 Å². The SMILES string of the molecule is CC(C)c1ccc(NC(=O)CSc2nc3ccsc3c(=O)n2-c2ccccc2)cc1. The zero-order valence-corrected chi connectivity index (χ0v) is 18.3. The van der Waals surface area contributed by atoms with Crippen LogP contribution in [0.5, 0.6) is 0 Å². The number of nitrogens with one attached hydrogen (secondary N) is 1. The van der Waals surface area contributed by atoms with Crippen LogP contribution in [0.15, 0.2) is 76.0 Å². The van der Waals surface area contributed by atoms with E-state index in [2.05, 4.69) is 24.1 Å². The number of aromatic nitrogens is 2. The summed E-state index contributed by atoms with van der Waals surface area (Å²) in [6, 6.07) is 19.1. The smallest absolute Gasteiger partial charge is 0.276 e. The molecule has 0 saturated heterocycles. The Balaban J connectivity index is 1.56. The molecule has 2 aromatic carbocycles. The topological polar surface area (TPSA) is 64.0 Å². The summed E-state index contributed by atoms with van der Waals surface area (Å²) < 4.78 is 2.19. The maximum absolute atomic E-state index is 13.1. The Hall–Kier alpha value is -2.90. The maximum atomic E-state index is 13.1. The van der Waals surface area contributed by atoms with Gasteiger partial charge in [0.25, 0.3) is 5.56 Å². The third-order valence-corrected chi connectivity index (χ3v) is 6.49. The highest BCUT2D eigenvalue weighted by molar-refractivity contribution is 7.99. The van der Waals surface area contributed by atoms with E-state index in [4.69, 9.17) is 0 Å². The van der Waals surface area contributed by atoms with E-state index >= 15 is 0 Å². The number of rotatable bonds is 6. The summed E-state index contributed by atoms with van der Waals surface area (Å²) in [4.78, 5) is 30.2. The van der Waals surface area contributed by atoms with Gasteiger partial charge in [0.15, 0.2) is 5.16 Å². The first kappa shape index (κ1) is 20.4. The number of thiophene rings is 1. The summed E-state index contributed by atoms with van der Waals surface area (Å²) in [5.41, 5.74) is 3.25. The van der Waals surface area contributed by atoms with Crippen LogP contribution < -0.4 is 10.9 Å². The van der Waals surface area contributed by atoms with E-state index in [1.165, 1.54) is 28.7 Å². The monoisotopic (exact) mass is 435 g/mol. The minimum atomic E-state index is -0.142. The molecule has 0 saturated carbocycles. The van der Waals surface area contributed by atoms with Gasteiger partial charge < -0.3 is 5.32 Å². The van der Waals surface area contributed by atoms with E-state index in [0.717, 1.165) is 11.4 Å². The molecule has 30 heavy (non-hydrogen) atoms. The zero-order chi connectivity index (χ0) is 21.1. The van der Waals surface area contributed by atoms with Gasteiger partial charge in [0.05, 0.1) is 17.0 Å². The first-order valence-corrected chi connectivity index (χ1v) is 11.5. The number of fused-ring (bicyclic) bond motifs is 1. The Bertz CT molecular complexity index is 1230. The Morgan fingerprint density at radius 3 is 2.53 bits per heavy atom. The third-order valence-electron chi connectivity index (χ3n) is 4.66. The summed E-state index contributed by atoms with van der Waals surface area (Å²) in [6.45, 7) is 4.27. The van der Waals surface area contributed by atoms with Crippen molar-refractivity contribution in [2.24, 2.45) is 0 Å². The van der Waals surface area contributed by atoms with Crippen molar-refractivity contribution in [1.29, 1.82) is 0 Å². The molecule has 5 nitrogen and oxygen atoms in total. The molecule has 2 aromatic heterocycles. The lowest BCUT2D eigenvalue weighted by Gasteiger charge is -2.12. The fourth-order valence-corrected chi connectivity index (χ4v) is 4.64. The molecule has 0 bridgehead atoms. The molecule has 152 valence electrons. The van der Waals surface area contributed by atoms with Crippen molar-refractivity contribution in [3.63, 3.8) is 0 Å². The standard InChI is InChI=1S/C23H21N3O2S2/c1-15(2)16-8-10-17(11-9-16)24-20(27)14-30-23-25-19-12-13-29-21(19)22(28)26(23)18-6-4-3-5-7-18/h3-13,15H,14H2,1-2H3,(H,24,27). The molecule has 0 spiro atoms. The average Bonchev–Trinajstić information content (AvgIpc) is 3.22. The van der Waals surface area contributed by atoms with Gasteiger partial charge in [0.2, 0.25) is 5.91 Å². The second-order valence-electron chi connectivity index (χ2n) is 7.12. The van der Waals surface area contributed by atoms with Crippen LogP contribution in [0.3, 0.4) is 0 Å². The van der Waals surface area contributed by atoms with Gasteiger partial charge in [-0.3, -0.25) is 14.2 Å². The number of benzene rings is 2. The van der Waals surface area contributed by atoms with Gasteiger partial charge in [-0.2, -0.15) is 0 Å². The number of para-hydroxylation sites is 1. The van der Waals surface area contributed by atoms with Crippen LogP contribution in [0.25, 0.3) is 15.9 Å². The minimum Gasteiger partial charge on any atom is -0.325 e. The van der Waals surface area contributed by atoms with Gasteiger partial charge in [-0.25, -0.2) is 4.98 Å². The Morgan fingerprint density at radius 2 is 1.83 bits per heavy atom. The highest BCUT2D eigenvalue weighted by Crippen LogP contribution is 2.24. The normalized spacial score (nSPS) is 11.2. The van der Waals surface area contributed by atoms with E-state index < -0.39 is 0 Å². The van der Waals surface area contributed by atoms with Crippen molar-refractivity contribution in [3.8, 4) is 5.69 Å². The van der Waals surface area contributed by atoms with Gasteiger partial charge in [0.1, 0.15) is 4.70 Å². The van der Waals surface area contributed by atoms with Crippen molar-refractivity contribution < 1.29 is 4.79 Å². The summed E-state index contributed by atoms with van der Waals surface area (Å²) in [5, 5.41) is 5.27. The fourth-order valence-electron chi connectivity index (χ4n) is 3.07. The van der Waals surface area contributed by atoms with Gasteiger partial charge in [-0.1, -0.05) is 55.9 Å². The molecule has 0 radical (unpaired) electrons. The fraction of sp³-hybridized carbons (Fsp3) is 0.174. The van der Waals surface area contributed by atoms with Crippen LogP contribution in [0, 0.1) is 0 Å². The van der Waals surface area contributed by atoms with E-state index in [-0.39, 0.29) is 17.2 Å². The predicted molar refractivity (Wildman–Crippen MR) is 125 cm³/mol. The van der Waals surface area contributed by atoms with Crippen LogP contribution in [0.2, 0.25) is 0 Å². The molecule has 0 unspecified atom stereocenters. The van der Waals surface area contributed by atoms with Crippen molar-refractivity contribution in [3.05, 3.63) is 82.0 Å². The molecule has 1 N–H and O–H groups in total. The lowest BCUT2D eigenvalue weighted by molar-refractivity contribution is -0.113. The van der Waals surface area contributed by atoms with E-state index in [1.54, 1.807) is 4.57 Å². The second kappa shape index (κ2) is 8.85. The number of amides is 1. The summed E-state index contributed by atoms with van der Waals surface area (Å²) >= 11 is 2.63. The van der Waals surface area contributed by atoms with Gasteiger partial charge in [-0.15, -0.1) is 11.3 Å². The molecule has 0 atom stereocenters. The Morgan fingerprint density at radius 1 is 1.10 bits per heavy atom. The number of anilines is 1. The lowest BCUT2D eigenvalue weighted by atomic mass is 10.0. The Labute approximate surface area is 182 Å². The van der Waals surface area contributed by atoms with E-state index in [0.29, 0.717) is 21.3 Å². The lowest BCUT2D eigenvalue weighted by Crippen LogP contribution is -2.22. The predicted octanol–water partition coefficient (Wildman–Crippen LogP) is 5.30. The molecule has 2 heterocycles. The molecule has 4 aromatic rings. The van der Waals surface area contributed by atoms with Crippen molar-refractivity contribution in [2.75, 3.05) is 11.1 Å². The van der Waals surface area contributed by atoms with E-state index in [1.807, 2.05) is 66.0 Å². The first-order valence-electron chi connectivity index (χ1n) is 9.61. The number of hydrogen-bond donors (Lipinski definition) is 1. The number of carbonyl (C=O) groups excluding carboxylic acids is 1. The van der Waals surface area contributed by atoms with Crippen LogP contribution in [-0.2, 0) is 4.79 Å². The average molecular weight is 436 g/mol. The van der Waals surface area contributed by atoms with Gasteiger partial charge >= 0.3 is 0 Å². The quantitative estimate of drug-likeness (QED) is 0.330. The summed E-state index contributed by atoms with van der Waals surface area (Å²) in [7, 11) is 0. The highest BCUT2D eigenvalue weighted by Gasteiger charge is 2.15. The maximum Gasteiger partial charge on any atom is 0.276 e. The van der Waals surface area contributed by atoms with Crippen LogP contribution >= 0.6 is 23.1 Å². The third kappa shape index (κ3) is 4.32. The Kier molecular flexibility index (Phi) is 6.01. The number of hydrogen-bond acceptors (Lipinski definition) is 5. The molecule has 0 aliphatic heterocycles. The molecule has 7 heteroatoms. The molecule has 0 aliphatic carbocycles. The van der Waals surface area contributed by atoms with Crippen molar-refractivity contribution >= 4 is 44.9 Å². The van der Waals surface area contributed by atoms with E-state index in [9.17, 15) is 9.59 Å². The minimum absolute atomic E-state index is 0.117. The second-order valence-corrected chi connectivity index (χ2v) is 8.98. The number of nitrogens with zero attached hydrogens (tertiary/aromatic N) is 2. The largest absolute Gasteiger partial charge is 0.325 e. The molecular weight excluding hydrogens is 414 g/mol. The van der Waals surface area contributed by atoms with Gasteiger partial charge in [0, 0.05) is 5.69 Å². The molecule has 0 fully saturated rings. The molecule has 0 aliphatic rings. The van der Waals surface area contributed by atoms with Crippen LogP contribution in [0.4, 0.5) is 5.69 Å². The van der Waals surface area contributed by atoms with Gasteiger partial charge in [-0.05, 0) is 47.2 Å². The first-order chi connectivity index (χ1) is 14.5. The molecule has 4 rings (SSSR count). The summed E-state index contributed by atoms with van der Waals surface area (Å²) in [6.07, 6.45) is 0. The summed E-state index contributed by atoms with van der Waals surface area (Å²) in [5.74, 6) is 0.454. The number of carbonyl (C=O) groups is 1. The zero-order valence-electron chi connectivity index (χ0n) is 16.7. The molecule has 1 amide bonds. The molecular formula is C23H21N3O2S2. The van der Waals surface area contributed by atoms with Crippen LogP contribution in [0.1, 0.15) is 25.3 Å².